The van der Waals surface area contributed by atoms with Crippen molar-refractivity contribution in [2.75, 3.05) is 19.6 Å². The minimum absolute atomic E-state index is 0.0367. The van der Waals surface area contributed by atoms with Gasteiger partial charge in [0.2, 0.25) is 0 Å². The van der Waals surface area contributed by atoms with E-state index in [0.717, 1.165) is 24.2 Å². The number of carbonyl (C=O) groups is 1. The lowest BCUT2D eigenvalue weighted by Crippen LogP contribution is -2.52. The molecule has 0 unspecified atom stereocenters. The molecule has 2 aromatic rings. The van der Waals surface area contributed by atoms with Gasteiger partial charge in [-0.3, -0.25) is 4.79 Å². The molecule has 118 valence electrons. The van der Waals surface area contributed by atoms with E-state index >= 15 is 0 Å². The van der Waals surface area contributed by atoms with E-state index in [1.165, 1.54) is 0 Å². The van der Waals surface area contributed by atoms with Crippen LogP contribution in [0.4, 0.5) is 0 Å². The Kier molecular flexibility index (Phi) is 3.87. The largest absolute Gasteiger partial charge is 0.336 e. The van der Waals surface area contributed by atoms with Crippen molar-refractivity contribution < 1.29 is 9.32 Å². The van der Waals surface area contributed by atoms with Crippen LogP contribution < -0.4 is 5.32 Å². The molecule has 1 atom stereocenters. The van der Waals surface area contributed by atoms with Gasteiger partial charge in [0.05, 0.1) is 16.6 Å². The van der Waals surface area contributed by atoms with Gasteiger partial charge in [0.1, 0.15) is 0 Å². The number of aromatic nitrogens is 2. The first-order valence-corrected chi connectivity index (χ1v) is 7.77. The standard InChI is InChI=1S/C16H22N4O2/c1-9(2)13-7-12(14-11(4)19-22-15(14)18-13)16(21)20-6-5-17-8-10(20)3/h7,9-10,17H,5-6,8H2,1-4H3/t10-/m0/s1. The van der Waals surface area contributed by atoms with Crippen molar-refractivity contribution in [2.24, 2.45) is 0 Å². The fourth-order valence-electron chi connectivity index (χ4n) is 2.88. The third-order valence-electron chi connectivity index (χ3n) is 4.22. The average Bonchev–Trinajstić information content (AvgIpc) is 2.88. The molecule has 1 amide bonds. The molecular formula is C16H22N4O2. The van der Waals surface area contributed by atoms with Gasteiger partial charge in [0.25, 0.3) is 11.6 Å². The topological polar surface area (TPSA) is 71.3 Å². The number of hydrogen-bond donors (Lipinski definition) is 1. The van der Waals surface area contributed by atoms with Crippen molar-refractivity contribution in [2.45, 2.75) is 39.7 Å². The maximum atomic E-state index is 13.1. The lowest BCUT2D eigenvalue weighted by atomic mass is 10.0. The fourth-order valence-corrected chi connectivity index (χ4v) is 2.88. The van der Waals surface area contributed by atoms with Crippen LogP contribution in [0.3, 0.4) is 0 Å². The zero-order valence-electron chi connectivity index (χ0n) is 13.5. The van der Waals surface area contributed by atoms with Crippen LogP contribution in [0, 0.1) is 6.92 Å². The number of nitrogens with one attached hydrogen (secondary N) is 1. The molecule has 6 nitrogen and oxygen atoms in total. The second-order valence-corrected chi connectivity index (χ2v) is 6.25. The number of amides is 1. The number of aryl methyl sites for hydroxylation is 1. The molecule has 3 heterocycles. The summed E-state index contributed by atoms with van der Waals surface area (Å²) in [7, 11) is 0. The normalized spacial score (nSPS) is 19.1. The van der Waals surface area contributed by atoms with E-state index < -0.39 is 0 Å². The molecule has 1 N–H and O–H groups in total. The van der Waals surface area contributed by atoms with Crippen LogP contribution in [-0.4, -0.2) is 46.6 Å². The Balaban J connectivity index is 2.11. The number of nitrogens with zero attached hydrogens (tertiary/aromatic N) is 3. The summed E-state index contributed by atoms with van der Waals surface area (Å²) < 4.78 is 5.30. The number of fused-ring (bicyclic) bond motifs is 1. The minimum Gasteiger partial charge on any atom is -0.336 e. The van der Waals surface area contributed by atoms with Gasteiger partial charge in [-0.25, -0.2) is 4.98 Å². The van der Waals surface area contributed by atoms with Crippen molar-refractivity contribution in [1.82, 2.24) is 20.4 Å². The Hall–Kier alpha value is -1.95. The molecule has 0 bridgehead atoms. The highest BCUT2D eigenvalue weighted by Crippen LogP contribution is 2.26. The summed E-state index contributed by atoms with van der Waals surface area (Å²) in [5.41, 5.74) is 2.68. The Morgan fingerprint density at radius 3 is 2.95 bits per heavy atom. The maximum absolute atomic E-state index is 13.1. The minimum atomic E-state index is 0.0367. The lowest BCUT2D eigenvalue weighted by Gasteiger charge is -2.34. The van der Waals surface area contributed by atoms with E-state index in [1.54, 1.807) is 0 Å². The molecule has 1 aliphatic rings. The van der Waals surface area contributed by atoms with Gasteiger partial charge in [0.15, 0.2) is 0 Å². The molecule has 1 aliphatic heterocycles. The third kappa shape index (κ3) is 2.47. The Morgan fingerprint density at radius 2 is 2.27 bits per heavy atom. The molecule has 0 aromatic carbocycles. The molecule has 22 heavy (non-hydrogen) atoms. The highest BCUT2D eigenvalue weighted by Gasteiger charge is 2.28. The molecule has 0 radical (unpaired) electrons. The Bertz CT molecular complexity index is 707. The summed E-state index contributed by atoms with van der Waals surface area (Å²) in [6.45, 7) is 10.4. The fraction of sp³-hybridized carbons (Fsp3) is 0.562. The quantitative estimate of drug-likeness (QED) is 0.919. The molecule has 3 rings (SSSR count). The van der Waals surface area contributed by atoms with Gasteiger partial charge in [-0.15, -0.1) is 0 Å². The zero-order chi connectivity index (χ0) is 15.9. The molecule has 2 aromatic heterocycles. The van der Waals surface area contributed by atoms with Gasteiger partial charge in [-0.2, -0.15) is 0 Å². The van der Waals surface area contributed by atoms with E-state index in [2.05, 4.69) is 36.2 Å². The second-order valence-electron chi connectivity index (χ2n) is 6.25. The summed E-state index contributed by atoms with van der Waals surface area (Å²) in [4.78, 5) is 19.5. The number of rotatable bonds is 2. The molecule has 0 spiro atoms. The number of carbonyl (C=O) groups excluding carboxylic acids is 1. The van der Waals surface area contributed by atoms with E-state index in [-0.39, 0.29) is 17.9 Å². The maximum Gasteiger partial charge on any atom is 0.259 e. The van der Waals surface area contributed by atoms with Gasteiger partial charge < -0.3 is 14.7 Å². The van der Waals surface area contributed by atoms with Gasteiger partial charge >= 0.3 is 0 Å². The summed E-state index contributed by atoms with van der Waals surface area (Å²) in [6, 6.07) is 2.07. The predicted molar refractivity (Wildman–Crippen MR) is 84.0 cm³/mol. The summed E-state index contributed by atoms with van der Waals surface area (Å²) in [5, 5.41) is 8.03. The highest BCUT2D eigenvalue weighted by molar-refractivity contribution is 6.06. The smallest absolute Gasteiger partial charge is 0.259 e. The number of hydrogen-bond acceptors (Lipinski definition) is 5. The van der Waals surface area contributed by atoms with E-state index in [0.29, 0.717) is 23.5 Å². The molecule has 1 saturated heterocycles. The molecule has 1 fully saturated rings. The third-order valence-corrected chi connectivity index (χ3v) is 4.22. The monoisotopic (exact) mass is 302 g/mol. The predicted octanol–water partition coefficient (Wildman–Crippen LogP) is 2.09. The van der Waals surface area contributed by atoms with Crippen molar-refractivity contribution in [3.8, 4) is 0 Å². The van der Waals surface area contributed by atoms with Crippen LogP contribution in [0.1, 0.15) is 48.4 Å². The van der Waals surface area contributed by atoms with Crippen molar-refractivity contribution in [3.63, 3.8) is 0 Å². The van der Waals surface area contributed by atoms with Crippen LogP contribution in [0.25, 0.3) is 11.1 Å². The number of pyridine rings is 1. The van der Waals surface area contributed by atoms with Crippen LogP contribution in [0.2, 0.25) is 0 Å². The van der Waals surface area contributed by atoms with Crippen molar-refractivity contribution >= 4 is 17.0 Å². The summed E-state index contributed by atoms with van der Waals surface area (Å²) >= 11 is 0. The van der Waals surface area contributed by atoms with Gasteiger partial charge in [-0.05, 0) is 25.8 Å². The average molecular weight is 302 g/mol. The first kappa shape index (κ1) is 15.0. The lowest BCUT2D eigenvalue weighted by molar-refractivity contribution is 0.0657. The van der Waals surface area contributed by atoms with Gasteiger partial charge in [-0.1, -0.05) is 19.0 Å². The molecule has 0 saturated carbocycles. The summed E-state index contributed by atoms with van der Waals surface area (Å²) in [5.74, 6) is 0.261. The Labute approximate surface area is 129 Å². The molecule has 6 heteroatoms. The molecule has 0 aliphatic carbocycles. The van der Waals surface area contributed by atoms with E-state index in [9.17, 15) is 4.79 Å². The Morgan fingerprint density at radius 1 is 1.50 bits per heavy atom. The van der Waals surface area contributed by atoms with Gasteiger partial charge in [0, 0.05) is 31.4 Å². The second kappa shape index (κ2) is 5.68. The molecular weight excluding hydrogens is 280 g/mol. The van der Waals surface area contributed by atoms with Crippen molar-refractivity contribution in [3.05, 3.63) is 23.0 Å². The van der Waals surface area contributed by atoms with Crippen LogP contribution in [0.5, 0.6) is 0 Å². The zero-order valence-corrected chi connectivity index (χ0v) is 13.5. The SMILES string of the molecule is Cc1noc2nc(C(C)C)cc(C(=O)N3CCNC[C@@H]3C)c12. The number of piperazine rings is 1. The summed E-state index contributed by atoms with van der Waals surface area (Å²) in [6.07, 6.45) is 0. The van der Waals surface area contributed by atoms with Crippen LogP contribution in [-0.2, 0) is 0 Å². The van der Waals surface area contributed by atoms with Crippen LogP contribution >= 0.6 is 0 Å². The first-order chi connectivity index (χ1) is 10.5. The first-order valence-electron chi connectivity index (χ1n) is 7.77. The van der Waals surface area contributed by atoms with Crippen LogP contribution in [0.15, 0.2) is 10.6 Å². The highest BCUT2D eigenvalue weighted by atomic mass is 16.5. The van der Waals surface area contributed by atoms with E-state index in [4.69, 9.17) is 4.52 Å². The van der Waals surface area contributed by atoms with E-state index in [1.807, 2.05) is 17.9 Å². The van der Waals surface area contributed by atoms with Crippen molar-refractivity contribution in [1.29, 1.82) is 0 Å².